The minimum absolute atomic E-state index is 0.0393. The van der Waals surface area contributed by atoms with Crippen LogP contribution in [0.4, 0.5) is 5.69 Å². The highest BCUT2D eigenvalue weighted by atomic mass is 32.2. The third-order valence-corrected chi connectivity index (χ3v) is 6.19. The van der Waals surface area contributed by atoms with Crippen LogP contribution in [0.2, 0.25) is 0 Å². The molecule has 0 aliphatic rings. The molecule has 0 aliphatic heterocycles. The first kappa shape index (κ1) is 23.2. The molecule has 0 spiro atoms. The summed E-state index contributed by atoms with van der Waals surface area (Å²) in [5.74, 6) is -0.772. The first-order valence-corrected chi connectivity index (χ1v) is 10.4. The molecule has 0 saturated heterocycles. The number of esters is 1. The Labute approximate surface area is 175 Å². The van der Waals surface area contributed by atoms with E-state index < -0.39 is 28.4 Å². The van der Waals surface area contributed by atoms with Crippen LogP contribution in [0.5, 0.6) is 11.5 Å². The van der Waals surface area contributed by atoms with Crippen molar-refractivity contribution in [2.24, 2.45) is 0 Å². The van der Waals surface area contributed by atoms with E-state index in [1.54, 1.807) is 25.1 Å². The van der Waals surface area contributed by atoms with Crippen molar-refractivity contribution in [3.05, 3.63) is 48.0 Å². The molecule has 0 saturated carbocycles. The first-order chi connectivity index (χ1) is 14.3. The number of carbonyl (C=O) groups excluding carboxylic acids is 2. The van der Waals surface area contributed by atoms with E-state index in [2.05, 4.69) is 5.32 Å². The van der Waals surface area contributed by atoms with Crippen molar-refractivity contribution in [2.75, 3.05) is 39.7 Å². The summed E-state index contributed by atoms with van der Waals surface area (Å²) in [6.07, 6.45) is 0. The molecule has 0 atom stereocenters. The summed E-state index contributed by atoms with van der Waals surface area (Å²) in [5.41, 5.74) is 0.148. The number of anilines is 1. The summed E-state index contributed by atoms with van der Waals surface area (Å²) < 4.78 is 41.8. The van der Waals surface area contributed by atoms with Crippen LogP contribution in [0.1, 0.15) is 17.3 Å². The number of ether oxygens (including phenoxy) is 3. The molecule has 162 valence electrons. The van der Waals surface area contributed by atoms with Crippen molar-refractivity contribution in [3.8, 4) is 11.5 Å². The summed E-state index contributed by atoms with van der Waals surface area (Å²) >= 11 is 0. The fraction of sp³-hybridized carbons (Fsp3) is 0.300. The minimum Gasteiger partial charge on any atom is -0.493 e. The number of hydrogen-bond acceptors (Lipinski definition) is 7. The van der Waals surface area contributed by atoms with Crippen molar-refractivity contribution in [1.82, 2.24) is 4.31 Å². The Morgan fingerprint density at radius 2 is 1.60 bits per heavy atom. The zero-order chi connectivity index (χ0) is 22.3. The lowest BCUT2D eigenvalue weighted by Gasteiger charge is -2.21. The number of nitrogens with zero attached hydrogens (tertiary/aromatic N) is 1. The molecule has 1 amide bonds. The minimum atomic E-state index is -3.86. The van der Waals surface area contributed by atoms with Crippen molar-refractivity contribution in [1.29, 1.82) is 0 Å². The SMILES string of the molecule is CCN(CC(=O)Nc1cc(OC)c(OC)cc1C(=O)OC)S(=O)(=O)c1ccccc1. The van der Waals surface area contributed by atoms with Gasteiger partial charge in [0.2, 0.25) is 15.9 Å². The largest absolute Gasteiger partial charge is 0.493 e. The molecule has 10 heteroatoms. The maximum absolute atomic E-state index is 12.8. The molecule has 0 heterocycles. The Hall–Kier alpha value is -3.11. The Kier molecular flexibility index (Phi) is 7.79. The number of nitrogens with one attached hydrogen (secondary N) is 1. The molecular weight excluding hydrogens is 412 g/mol. The lowest BCUT2D eigenvalue weighted by molar-refractivity contribution is -0.116. The number of carbonyl (C=O) groups is 2. The van der Waals surface area contributed by atoms with E-state index in [9.17, 15) is 18.0 Å². The zero-order valence-corrected chi connectivity index (χ0v) is 18.0. The van der Waals surface area contributed by atoms with Crippen LogP contribution in [-0.4, -0.2) is 59.0 Å². The predicted molar refractivity (Wildman–Crippen MR) is 110 cm³/mol. The molecule has 9 nitrogen and oxygen atoms in total. The van der Waals surface area contributed by atoms with Crippen LogP contribution in [0.15, 0.2) is 47.4 Å². The van der Waals surface area contributed by atoms with Crippen molar-refractivity contribution in [2.45, 2.75) is 11.8 Å². The second kappa shape index (κ2) is 10.1. The van der Waals surface area contributed by atoms with Gasteiger partial charge in [0.1, 0.15) is 0 Å². The lowest BCUT2D eigenvalue weighted by Crippen LogP contribution is -2.38. The van der Waals surface area contributed by atoms with Crippen LogP contribution in [-0.2, 0) is 19.6 Å². The molecule has 30 heavy (non-hydrogen) atoms. The zero-order valence-electron chi connectivity index (χ0n) is 17.2. The Morgan fingerprint density at radius 3 is 2.13 bits per heavy atom. The molecule has 0 radical (unpaired) electrons. The third kappa shape index (κ3) is 5.08. The van der Waals surface area contributed by atoms with Crippen LogP contribution in [0.25, 0.3) is 0 Å². The van der Waals surface area contributed by atoms with Gasteiger partial charge in [0, 0.05) is 18.7 Å². The molecular formula is C20H24N2O7S. The first-order valence-electron chi connectivity index (χ1n) is 8.97. The van der Waals surface area contributed by atoms with Gasteiger partial charge in [-0.2, -0.15) is 4.31 Å². The fourth-order valence-electron chi connectivity index (χ4n) is 2.72. The number of hydrogen-bond donors (Lipinski definition) is 1. The van der Waals surface area contributed by atoms with E-state index in [1.807, 2.05) is 0 Å². The molecule has 0 aromatic heterocycles. The summed E-state index contributed by atoms with van der Waals surface area (Å²) in [5, 5.41) is 2.56. The van der Waals surface area contributed by atoms with Crippen molar-refractivity contribution < 1.29 is 32.2 Å². The molecule has 0 aliphatic carbocycles. The predicted octanol–water partition coefficient (Wildman–Crippen LogP) is 2.14. The van der Waals surface area contributed by atoms with Gasteiger partial charge in [0.05, 0.1) is 44.0 Å². The summed E-state index contributed by atoms with van der Waals surface area (Å²) in [6.45, 7) is 1.27. The molecule has 0 fully saturated rings. The summed E-state index contributed by atoms with van der Waals surface area (Å²) in [6, 6.07) is 10.6. The molecule has 2 aromatic rings. The fourth-order valence-corrected chi connectivity index (χ4v) is 4.15. The highest BCUT2D eigenvalue weighted by Gasteiger charge is 2.26. The average Bonchev–Trinajstić information content (AvgIpc) is 2.76. The molecule has 1 N–H and O–H groups in total. The van der Waals surface area contributed by atoms with Crippen LogP contribution in [0.3, 0.4) is 0 Å². The number of likely N-dealkylation sites (N-methyl/N-ethyl adjacent to an activating group) is 1. The number of benzene rings is 2. The Balaban J connectivity index is 2.31. The van der Waals surface area contributed by atoms with E-state index in [4.69, 9.17) is 14.2 Å². The van der Waals surface area contributed by atoms with Crippen molar-refractivity contribution in [3.63, 3.8) is 0 Å². The quantitative estimate of drug-likeness (QED) is 0.600. The van der Waals surface area contributed by atoms with Crippen LogP contribution in [0, 0.1) is 0 Å². The van der Waals surface area contributed by atoms with E-state index >= 15 is 0 Å². The number of methoxy groups -OCH3 is 3. The van der Waals surface area contributed by atoms with Crippen molar-refractivity contribution >= 4 is 27.6 Å². The smallest absolute Gasteiger partial charge is 0.340 e. The van der Waals surface area contributed by atoms with Gasteiger partial charge in [0.25, 0.3) is 0 Å². The number of sulfonamides is 1. The highest BCUT2D eigenvalue weighted by Crippen LogP contribution is 2.33. The van der Waals surface area contributed by atoms with Gasteiger partial charge in [-0.15, -0.1) is 0 Å². The van der Waals surface area contributed by atoms with Gasteiger partial charge in [-0.3, -0.25) is 4.79 Å². The molecule has 0 unspecified atom stereocenters. The monoisotopic (exact) mass is 436 g/mol. The maximum Gasteiger partial charge on any atom is 0.340 e. The lowest BCUT2D eigenvalue weighted by atomic mass is 10.1. The second-order valence-electron chi connectivity index (χ2n) is 6.04. The Morgan fingerprint density at radius 1 is 1.00 bits per heavy atom. The number of rotatable bonds is 9. The van der Waals surface area contributed by atoms with Crippen LogP contribution < -0.4 is 14.8 Å². The van der Waals surface area contributed by atoms with Gasteiger partial charge in [0.15, 0.2) is 11.5 Å². The van der Waals surface area contributed by atoms with Gasteiger partial charge < -0.3 is 19.5 Å². The van der Waals surface area contributed by atoms with Gasteiger partial charge in [-0.1, -0.05) is 25.1 Å². The highest BCUT2D eigenvalue weighted by molar-refractivity contribution is 7.89. The van der Waals surface area contributed by atoms with E-state index in [-0.39, 0.29) is 34.2 Å². The second-order valence-corrected chi connectivity index (χ2v) is 7.97. The normalized spacial score (nSPS) is 11.1. The van der Waals surface area contributed by atoms with Gasteiger partial charge in [-0.05, 0) is 12.1 Å². The van der Waals surface area contributed by atoms with E-state index in [0.29, 0.717) is 0 Å². The Bertz CT molecular complexity index is 1010. The van der Waals surface area contributed by atoms with Gasteiger partial charge >= 0.3 is 5.97 Å². The van der Waals surface area contributed by atoms with E-state index in [0.717, 1.165) is 4.31 Å². The third-order valence-electron chi connectivity index (χ3n) is 4.26. The topological polar surface area (TPSA) is 111 Å². The van der Waals surface area contributed by atoms with E-state index in [1.165, 1.54) is 45.6 Å². The standard InChI is InChI=1S/C20H24N2O7S/c1-5-22(30(25,26)14-9-7-6-8-10-14)13-19(23)21-16-12-18(28-3)17(27-2)11-15(16)20(24)29-4/h6-12H,5,13H2,1-4H3,(H,21,23). The molecule has 0 bridgehead atoms. The average molecular weight is 436 g/mol. The maximum atomic E-state index is 12.8. The molecule has 2 rings (SSSR count). The summed E-state index contributed by atoms with van der Waals surface area (Å²) in [7, 11) is 0.164. The number of amides is 1. The molecule has 2 aromatic carbocycles. The van der Waals surface area contributed by atoms with Crippen LogP contribution >= 0.6 is 0 Å². The summed E-state index contributed by atoms with van der Waals surface area (Å²) in [4.78, 5) is 24.8. The van der Waals surface area contributed by atoms with Gasteiger partial charge in [-0.25, -0.2) is 13.2 Å².